The molecule has 0 aliphatic carbocycles. The van der Waals surface area contributed by atoms with Crippen LogP contribution in [0.25, 0.3) is 0 Å². The summed E-state index contributed by atoms with van der Waals surface area (Å²) in [5.41, 5.74) is -0.434. The van der Waals surface area contributed by atoms with Gasteiger partial charge >= 0.3 is 0 Å². The molecule has 0 spiro atoms. The Labute approximate surface area is 117 Å². The molecule has 0 aromatic carbocycles. The molecule has 1 rings (SSSR count). The highest BCUT2D eigenvalue weighted by Crippen LogP contribution is 2.16. The zero-order valence-corrected chi connectivity index (χ0v) is 13.2. The number of piperazine rings is 1. The van der Waals surface area contributed by atoms with Crippen molar-refractivity contribution in [3.05, 3.63) is 0 Å². The lowest BCUT2D eigenvalue weighted by Crippen LogP contribution is -2.54. The predicted octanol–water partition coefficient (Wildman–Crippen LogP) is 0.729. The minimum absolute atomic E-state index is 0.228. The van der Waals surface area contributed by atoms with Gasteiger partial charge in [-0.25, -0.2) is 8.42 Å². The van der Waals surface area contributed by atoms with Crippen molar-refractivity contribution in [1.82, 2.24) is 9.80 Å². The van der Waals surface area contributed by atoms with E-state index in [0.29, 0.717) is 6.54 Å². The van der Waals surface area contributed by atoms with E-state index in [2.05, 4.69) is 15.9 Å². The van der Waals surface area contributed by atoms with Crippen molar-refractivity contribution in [2.24, 2.45) is 0 Å². The number of nitrogens with zero attached hydrogens (tertiary/aromatic N) is 3. The summed E-state index contributed by atoms with van der Waals surface area (Å²) in [6, 6.07) is 2.31. The molecule has 0 saturated carbocycles. The maximum atomic E-state index is 11.8. The first kappa shape index (κ1) is 16.4. The lowest BCUT2D eigenvalue weighted by atomic mass is 10.0. The van der Waals surface area contributed by atoms with E-state index in [0.717, 1.165) is 26.2 Å². The Morgan fingerprint density at radius 1 is 1.21 bits per heavy atom. The van der Waals surface area contributed by atoms with Crippen LogP contribution in [-0.2, 0) is 9.84 Å². The number of hydrogen-bond acceptors (Lipinski definition) is 5. The van der Waals surface area contributed by atoms with Crippen LogP contribution in [0.4, 0.5) is 0 Å². The maximum absolute atomic E-state index is 11.8. The Hall–Kier alpha value is -0.640. The fourth-order valence-corrected chi connectivity index (χ4v) is 3.08. The molecule has 0 bridgehead atoms. The molecule has 0 unspecified atom stereocenters. The fraction of sp³-hybridized carbons (Fsp3) is 0.923. The quantitative estimate of drug-likeness (QED) is 0.746. The van der Waals surface area contributed by atoms with Gasteiger partial charge in [0, 0.05) is 32.7 Å². The second kappa shape index (κ2) is 6.21. The number of nitriles is 1. The molecule has 1 heterocycles. The van der Waals surface area contributed by atoms with Gasteiger partial charge in [0.05, 0.1) is 17.1 Å². The van der Waals surface area contributed by atoms with E-state index in [1.54, 1.807) is 13.8 Å². The highest BCUT2D eigenvalue weighted by molar-refractivity contribution is 7.92. The zero-order chi connectivity index (χ0) is 14.7. The third-order valence-corrected chi connectivity index (χ3v) is 6.03. The molecule has 0 N–H and O–H groups in total. The zero-order valence-electron chi connectivity index (χ0n) is 12.4. The van der Waals surface area contributed by atoms with Crippen molar-refractivity contribution in [3.8, 4) is 6.07 Å². The van der Waals surface area contributed by atoms with Crippen LogP contribution in [0.2, 0.25) is 0 Å². The van der Waals surface area contributed by atoms with Crippen LogP contribution in [0.15, 0.2) is 0 Å². The summed E-state index contributed by atoms with van der Waals surface area (Å²) < 4.78 is 23.5. The summed E-state index contributed by atoms with van der Waals surface area (Å²) >= 11 is 0. The van der Waals surface area contributed by atoms with Gasteiger partial charge in [-0.2, -0.15) is 5.26 Å². The standard InChI is InChI=1S/C13H25N3O2S/c1-12(2)19(17,18)10-9-15-5-7-16(8-6-15)13(3,4)11-14/h12H,5-10H2,1-4H3. The molecule has 1 fully saturated rings. The Morgan fingerprint density at radius 3 is 2.16 bits per heavy atom. The largest absolute Gasteiger partial charge is 0.300 e. The van der Waals surface area contributed by atoms with E-state index in [4.69, 9.17) is 5.26 Å². The van der Waals surface area contributed by atoms with Crippen LogP contribution < -0.4 is 0 Å². The summed E-state index contributed by atoms with van der Waals surface area (Å²) in [4.78, 5) is 4.32. The Bertz CT molecular complexity index is 429. The smallest absolute Gasteiger partial charge is 0.153 e. The van der Waals surface area contributed by atoms with Gasteiger partial charge in [-0.05, 0) is 27.7 Å². The van der Waals surface area contributed by atoms with Crippen LogP contribution in [0.3, 0.4) is 0 Å². The van der Waals surface area contributed by atoms with Crippen LogP contribution in [0.5, 0.6) is 0 Å². The van der Waals surface area contributed by atoms with Crippen molar-refractivity contribution in [2.75, 3.05) is 38.5 Å². The highest BCUT2D eigenvalue weighted by Gasteiger charge is 2.30. The Morgan fingerprint density at radius 2 is 1.74 bits per heavy atom. The fourth-order valence-electron chi connectivity index (χ4n) is 2.09. The number of rotatable bonds is 5. The summed E-state index contributed by atoms with van der Waals surface area (Å²) in [7, 11) is -2.95. The predicted molar refractivity (Wildman–Crippen MR) is 76.6 cm³/mol. The first-order valence-corrected chi connectivity index (χ1v) is 8.51. The molecule has 0 aromatic rings. The van der Waals surface area contributed by atoms with Gasteiger partial charge in [0.2, 0.25) is 0 Å². The Kier molecular flexibility index (Phi) is 5.36. The maximum Gasteiger partial charge on any atom is 0.153 e. The van der Waals surface area contributed by atoms with Gasteiger partial charge in [0.1, 0.15) is 5.54 Å². The van der Waals surface area contributed by atoms with Crippen molar-refractivity contribution in [3.63, 3.8) is 0 Å². The second-order valence-corrected chi connectivity index (χ2v) is 8.59. The van der Waals surface area contributed by atoms with Crippen LogP contribution in [0, 0.1) is 11.3 Å². The molecule has 19 heavy (non-hydrogen) atoms. The molecule has 1 saturated heterocycles. The second-order valence-electron chi connectivity index (χ2n) is 5.92. The summed E-state index contributed by atoms with van der Waals surface area (Å²) in [6.45, 7) is 11.2. The van der Waals surface area contributed by atoms with Crippen molar-refractivity contribution in [1.29, 1.82) is 5.26 Å². The molecular formula is C13H25N3O2S. The molecular weight excluding hydrogens is 262 g/mol. The lowest BCUT2D eigenvalue weighted by Gasteiger charge is -2.40. The van der Waals surface area contributed by atoms with E-state index in [1.807, 2.05) is 13.8 Å². The van der Waals surface area contributed by atoms with Crippen molar-refractivity contribution in [2.45, 2.75) is 38.5 Å². The topological polar surface area (TPSA) is 64.4 Å². The summed E-state index contributed by atoms with van der Waals surface area (Å²) in [5, 5.41) is 8.80. The first-order chi connectivity index (χ1) is 8.69. The molecule has 1 aliphatic heterocycles. The third kappa shape index (κ3) is 4.44. The van der Waals surface area contributed by atoms with Crippen LogP contribution in [0.1, 0.15) is 27.7 Å². The average Bonchev–Trinajstić information content (AvgIpc) is 2.37. The van der Waals surface area contributed by atoms with Gasteiger partial charge in [0.25, 0.3) is 0 Å². The van der Waals surface area contributed by atoms with Crippen molar-refractivity contribution < 1.29 is 8.42 Å². The van der Waals surface area contributed by atoms with E-state index in [-0.39, 0.29) is 11.0 Å². The molecule has 0 aromatic heterocycles. The first-order valence-electron chi connectivity index (χ1n) is 6.79. The van der Waals surface area contributed by atoms with Gasteiger partial charge in [-0.3, -0.25) is 9.80 Å². The molecule has 0 radical (unpaired) electrons. The number of sulfone groups is 1. The van der Waals surface area contributed by atoms with E-state index in [1.165, 1.54) is 0 Å². The van der Waals surface area contributed by atoms with Gasteiger partial charge in [0.15, 0.2) is 9.84 Å². The van der Waals surface area contributed by atoms with Crippen LogP contribution >= 0.6 is 0 Å². The van der Waals surface area contributed by atoms with Gasteiger partial charge < -0.3 is 0 Å². The van der Waals surface area contributed by atoms with Gasteiger partial charge in [-0.1, -0.05) is 0 Å². The molecule has 0 amide bonds. The monoisotopic (exact) mass is 287 g/mol. The third-order valence-electron chi connectivity index (χ3n) is 3.85. The highest BCUT2D eigenvalue weighted by atomic mass is 32.2. The van der Waals surface area contributed by atoms with Gasteiger partial charge in [-0.15, -0.1) is 0 Å². The molecule has 6 heteroatoms. The van der Waals surface area contributed by atoms with Crippen LogP contribution in [-0.4, -0.2) is 67.5 Å². The molecule has 1 aliphatic rings. The Balaban J connectivity index is 2.42. The summed E-state index contributed by atoms with van der Waals surface area (Å²) in [5.74, 6) is 0.228. The molecule has 110 valence electrons. The van der Waals surface area contributed by atoms with E-state index >= 15 is 0 Å². The summed E-state index contributed by atoms with van der Waals surface area (Å²) in [6.07, 6.45) is 0. The normalized spacial score (nSPS) is 19.6. The SMILES string of the molecule is CC(C)S(=O)(=O)CCN1CCN(C(C)(C)C#N)CC1. The average molecular weight is 287 g/mol. The number of hydrogen-bond donors (Lipinski definition) is 0. The van der Waals surface area contributed by atoms with E-state index < -0.39 is 15.4 Å². The van der Waals surface area contributed by atoms with E-state index in [9.17, 15) is 8.42 Å². The van der Waals surface area contributed by atoms with Crippen molar-refractivity contribution >= 4 is 9.84 Å². The molecule has 5 nitrogen and oxygen atoms in total. The molecule has 0 atom stereocenters. The minimum atomic E-state index is -2.95. The lowest BCUT2D eigenvalue weighted by molar-refractivity contribution is 0.0834. The minimum Gasteiger partial charge on any atom is -0.300 e.